The van der Waals surface area contributed by atoms with Crippen LogP contribution in [0.15, 0.2) is 65.6 Å². The molecule has 2 aromatic carbocycles. The molecule has 0 saturated carbocycles. The molecule has 1 N–H and O–H groups in total. The molecule has 0 radical (unpaired) electrons. The number of rotatable bonds is 5. The summed E-state index contributed by atoms with van der Waals surface area (Å²) >= 11 is 0. The van der Waals surface area contributed by atoms with Crippen molar-refractivity contribution in [2.24, 2.45) is 0 Å². The third kappa shape index (κ3) is 2.96. The number of sulfonamides is 1. The fourth-order valence-electron chi connectivity index (χ4n) is 4.38. The number of nitrogens with zero attached hydrogens (tertiary/aromatic N) is 2. The number of benzene rings is 2. The van der Waals surface area contributed by atoms with E-state index in [1.165, 1.54) is 22.0 Å². The number of aliphatic hydroxyl groups excluding tert-OH is 1. The predicted molar refractivity (Wildman–Crippen MR) is 107 cm³/mol. The molecule has 5 nitrogen and oxygen atoms in total. The molecule has 4 rings (SSSR count). The Morgan fingerprint density at radius 3 is 2.46 bits per heavy atom. The lowest BCUT2D eigenvalue weighted by molar-refractivity contribution is 0.0555. The highest BCUT2D eigenvalue weighted by molar-refractivity contribution is 7.89. The van der Waals surface area contributed by atoms with Crippen LogP contribution in [0.2, 0.25) is 0 Å². The number of nitriles is 1. The molecular weight excluding hydrogens is 372 g/mol. The first-order valence-electron chi connectivity index (χ1n) is 9.47. The average molecular weight is 394 g/mol. The van der Waals surface area contributed by atoms with E-state index in [0.717, 1.165) is 30.4 Å². The van der Waals surface area contributed by atoms with E-state index in [1.807, 2.05) is 24.3 Å². The minimum Gasteiger partial charge on any atom is -0.395 e. The molecule has 0 amide bonds. The third-order valence-corrected chi connectivity index (χ3v) is 7.62. The van der Waals surface area contributed by atoms with E-state index in [1.54, 1.807) is 18.2 Å². The fraction of sp³-hybridized carbons (Fsp3) is 0.318. The molecule has 3 atom stereocenters. The molecule has 0 aromatic heterocycles. The second-order valence-corrected chi connectivity index (χ2v) is 9.05. The lowest BCUT2D eigenvalue weighted by Gasteiger charge is -2.50. The van der Waals surface area contributed by atoms with E-state index in [2.05, 4.69) is 12.1 Å². The number of hydrogen-bond acceptors (Lipinski definition) is 4. The van der Waals surface area contributed by atoms with Gasteiger partial charge in [-0.3, -0.25) is 0 Å². The second-order valence-electron chi connectivity index (χ2n) is 7.21. The smallest absolute Gasteiger partial charge is 0.244 e. The first-order valence-corrected chi connectivity index (χ1v) is 10.9. The van der Waals surface area contributed by atoms with Crippen molar-refractivity contribution < 1.29 is 13.5 Å². The second kappa shape index (κ2) is 7.51. The summed E-state index contributed by atoms with van der Waals surface area (Å²) in [5.41, 5.74) is 3.26. The molecule has 6 heteroatoms. The van der Waals surface area contributed by atoms with Gasteiger partial charge in [-0.2, -0.15) is 9.57 Å². The summed E-state index contributed by atoms with van der Waals surface area (Å²) in [6.07, 6.45) is 5.34. The molecule has 28 heavy (non-hydrogen) atoms. The summed E-state index contributed by atoms with van der Waals surface area (Å²) in [4.78, 5) is 0.138. The quantitative estimate of drug-likeness (QED) is 0.844. The summed E-state index contributed by atoms with van der Waals surface area (Å²) in [6.45, 7) is -0.331. The van der Waals surface area contributed by atoms with Gasteiger partial charge >= 0.3 is 0 Å². The first-order chi connectivity index (χ1) is 13.6. The molecule has 0 unspecified atom stereocenters. The molecule has 144 valence electrons. The molecule has 2 aromatic rings. The van der Waals surface area contributed by atoms with Gasteiger partial charge in [-0.05, 0) is 48.1 Å². The topological polar surface area (TPSA) is 81.4 Å². The maximum atomic E-state index is 13.1. The monoisotopic (exact) mass is 394 g/mol. The van der Waals surface area contributed by atoms with E-state index in [9.17, 15) is 18.8 Å². The minimum absolute atomic E-state index is 0.138. The number of allylic oxidation sites excluding steroid dienone is 2. The van der Waals surface area contributed by atoms with E-state index in [4.69, 9.17) is 0 Å². The zero-order valence-electron chi connectivity index (χ0n) is 15.4. The maximum Gasteiger partial charge on any atom is 0.244 e. The van der Waals surface area contributed by atoms with Gasteiger partial charge in [0.05, 0.1) is 23.6 Å². The highest BCUT2D eigenvalue weighted by atomic mass is 32.2. The summed E-state index contributed by atoms with van der Waals surface area (Å²) in [5.74, 6) is -0.355. The molecule has 0 bridgehead atoms. The average Bonchev–Trinajstić information content (AvgIpc) is 3.23. The van der Waals surface area contributed by atoms with E-state index in [-0.39, 0.29) is 17.4 Å². The van der Waals surface area contributed by atoms with Crippen molar-refractivity contribution in [2.45, 2.75) is 42.2 Å². The van der Waals surface area contributed by atoms with Crippen molar-refractivity contribution in [3.8, 4) is 6.07 Å². The Balaban J connectivity index is 1.75. The minimum atomic E-state index is -3.86. The molecule has 1 fully saturated rings. The summed E-state index contributed by atoms with van der Waals surface area (Å²) < 4.78 is 27.4. The van der Waals surface area contributed by atoms with E-state index in [0.29, 0.717) is 0 Å². The Labute approximate surface area is 165 Å². The number of aliphatic hydroxyl groups is 1. The van der Waals surface area contributed by atoms with Crippen molar-refractivity contribution in [3.63, 3.8) is 0 Å². The molecular formula is C22H22N2O3S. The molecule has 0 spiro atoms. The summed E-state index contributed by atoms with van der Waals surface area (Å²) in [5, 5.41) is 19.9. The van der Waals surface area contributed by atoms with E-state index >= 15 is 0 Å². The van der Waals surface area contributed by atoms with Crippen molar-refractivity contribution in [1.82, 2.24) is 4.31 Å². The molecule has 1 heterocycles. The fourth-order valence-corrected chi connectivity index (χ4v) is 6.15. The predicted octanol–water partition coefficient (Wildman–Crippen LogP) is 3.30. The van der Waals surface area contributed by atoms with Gasteiger partial charge in [-0.15, -0.1) is 0 Å². The zero-order valence-corrected chi connectivity index (χ0v) is 16.2. The Kier molecular flexibility index (Phi) is 5.07. The first kappa shape index (κ1) is 18.9. The summed E-state index contributed by atoms with van der Waals surface area (Å²) in [7, 11) is -3.86. The summed E-state index contributed by atoms with van der Waals surface area (Å²) in [6, 6.07) is 16.6. The Morgan fingerprint density at radius 2 is 1.82 bits per heavy atom. The molecule has 1 aliphatic carbocycles. The molecule has 1 saturated heterocycles. The van der Waals surface area contributed by atoms with Gasteiger partial charge in [0.2, 0.25) is 10.0 Å². The third-order valence-electron chi connectivity index (χ3n) is 5.70. The zero-order chi connectivity index (χ0) is 19.7. The van der Waals surface area contributed by atoms with Crippen LogP contribution in [0, 0.1) is 11.3 Å². The van der Waals surface area contributed by atoms with Crippen LogP contribution in [0.3, 0.4) is 0 Å². The SMILES string of the molecule is N#C[C@@H]1[C@H](c2ccccc2C2=CCCC2)[C@@H](CO)N1S(=O)(=O)c1ccccc1. The number of hydrogen-bond donors (Lipinski definition) is 1. The van der Waals surface area contributed by atoms with Crippen LogP contribution in [0.25, 0.3) is 5.57 Å². The van der Waals surface area contributed by atoms with Crippen LogP contribution in [-0.4, -0.2) is 36.5 Å². The highest BCUT2D eigenvalue weighted by Gasteiger charge is 2.55. The van der Waals surface area contributed by atoms with Crippen LogP contribution in [-0.2, 0) is 10.0 Å². The van der Waals surface area contributed by atoms with Gasteiger partial charge in [0.15, 0.2) is 0 Å². The largest absolute Gasteiger partial charge is 0.395 e. The van der Waals surface area contributed by atoms with Gasteiger partial charge in [0, 0.05) is 5.92 Å². The normalized spacial score (nSPS) is 25.0. The van der Waals surface area contributed by atoms with Gasteiger partial charge < -0.3 is 5.11 Å². The van der Waals surface area contributed by atoms with Crippen LogP contribution in [0.5, 0.6) is 0 Å². The van der Waals surface area contributed by atoms with Crippen LogP contribution >= 0.6 is 0 Å². The Bertz CT molecular complexity index is 1040. The van der Waals surface area contributed by atoms with Crippen LogP contribution in [0.1, 0.15) is 36.3 Å². The van der Waals surface area contributed by atoms with E-state index < -0.39 is 22.1 Å². The molecule has 2 aliphatic rings. The standard InChI is InChI=1S/C22H22N2O3S/c23-14-20-22(19-13-7-6-12-18(19)16-8-4-5-9-16)21(15-25)24(20)28(26,27)17-10-2-1-3-11-17/h1-3,6-8,10-13,20-22,25H,4-5,9,15H2/t20-,21-,22+/m1/s1. The lowest BCUT2D eigenvalue weighted by Crippen LogP contribution is -2.65. The maximum absolute atomic E-state index is 13.1. The van der Waals surface area contributed by atoms with Crippen LogP contribution in [0.4, 0.5) is 0 Å². The van der Waals surface area contributed by atoms with Crippen LogP contribution < -0.4 is 0 Å². The van der Waals surface area contributed by atoms with Crippen molar-refractivity contribution >= 4 is 15.6 Å². The Hall–Kier alpha value is -2.46. The van der Waals surface area contributed by atoms with Gasteiger partial charge in [-0.1, -0.05) is 48.5 Å². The highest BCUT2D eigenvalue weighted by Crippen LogP contribution is 2.46. The van der Waals surface area contributed by atoms with Gasteiger partial charge in [0.1, 0.15) is 6.04 Å². The van der Waals surface area contributed by atoms with Gasteiger partial charge in [-0.25, -0.2) is 8.42 Å². The Morgan fingerprint density at radius 1 is 1.11 bits per heavy atom. The lowest BCUT2D eigenvalue weighted by atomic mass is 9.75. The molecule has 1 aliphatic heterocycles. The van der Waals surface area contributed by atoms with Crippen molar-refractivity contribution in [3.05, 3.63) is 71.8 Å². The van der Waals surface area contributed by atoms with Gasteiger partial charge in [0.25, 0.3) is 0 Å². The van der Waals surface area contributed by atoms with Crippen molar-refractivity contribution in [1.29, 1.82) is 5.26 Å². The van der Waals surface area contributed by atoms with Crippen molar-refractivity contribution in [2.75, 3.05) is 6.61 Å².